The summed E-state index contributed by atoms with van der Waals surface area (Å²) in [5.74, 6) is -2.48. The minimum Gasteiger partial charge on any atom is -0.496 e. The fourth-order valence-electron chi connectivity index (χ4n) is 3.87. The molecule has 1 atom stereocenters. The van der Waals surface area contributed by atoms with E-state index < -0.39 is 23.5 Å². The summed E-state index contributed by atoms with van der Waals surface area (Å²) in [6.45, 7) is 1.66. The molecule has 0 bridgehead atoms. The Hall–Kier alpha value is -3.75. The van der Waals surface area contributed by atoms with E-state index in [0.717, 1.165) is 12.1 Å². The van der Waals surface area contributed by atoms with Crippen molar-refractivity contribution in [2.45, 2.75) is 19.3 Å². The number of carbonyl (C=O) groups is 2. The number of nitrogens with one attached hydrogen (secondary N) is 1. The van der Waals surface area contributed by atoms with E-state index in [1.54, 1.807) is 25.1 Å². The number of rotatable bonds is 5. The number of methoxy groups -OCH3 is 2. The average Bonchev–Trinajstić information content (AvgIpc) is 3.07. The lowest BCUT2D eigenvalue weighted by Crippen LogP contribution is -2.29. The predicted molar refractivity (Wildman–Crippen MR) is 108 cm³/mol. The van der Waals surface area contributed by atoms with E-state index in [4.69, 9.17) is 9.47 Å². The fraction of sp³-hybridized carbons (Fsp3) is 0.227. The van der Waals surface area contributed by atoms with Crippen molar-refractivity contribution < 1.29 is 27.8 Å². The van der Waals surface area contributed by atoms with Crippen LogP contribution in [-0.4, -0.2) is 35.7 Å². The summed E-state index contributed by atoms with van der Waals surface area (Å²) >= 11 is 0. The van der Waals surface area contributed by atoms with E-state index in [1.807, 2.05) is 0 Å². The number of aryl methyl sites for hydroxylation is 1. The van der Waals surface area contributed by atoms with Gasteiger partial charge < -0.3 is 14.8 Å². The smallest absolute Gasteiger partial charge is 0.226 e. The lowest BCUT2D eigenvalue weighted by atomic mass is 9.85. The summed E-state index contributed by atoms with van der Waals surface area (Å²) in [6.07, 6.45) is -0.120. The molecule has 0 saturated carbocycles. The third-order valence-corrected chi connectivity index (χ3v) is 5.23. The van der Waals surface area contributed by atoms with Crippen LogP contribution in [0.2, 0.25) is 0 Å². The van der Waals surface area contributed by atoms with Crippen molar-refractivity contribution in [2.24, 2.45) is 0 Å². The highest BCUT2D eigenvalue weighted by atomic mass is 19.1. The average molecular weight is 427 g/mol. The number of fused-ring (bicyclic) bond motifs is 1. The van der Waals surface area contributed by atoms with Crippen molar-refractivity contribution in [1.82, 2.24) is 9.78 Å². The largest absolute Gasteiger partial charge is 0.496 e. The van der Waals surface area contributed by atoms with Gasteiger partial charge in [-0.2, -0.15) is 5.10 Å². The molecule has 0 fully saturated rings. The first kappa shape index (κ1) is 20.5. The molecule has 0 spiro atoms. The van der Waals surface area contributed by atoms with E-state index in [9.17, 15) is 18.4 Å². The number of hydrogen-bond acceptors (Lipinski definition) is 5. The zero-order valence-electron chi connectivity index (χ0n) is 17.0. The molecule has 1 aliphatic rings. The van der Waals surface area contributed by atoms with E-state index in [-0.39, 0.29) is 29.3 Å². The summed E-state index contributed by atoms with van der Waals surface area (Å²) in [5, 5.41) is 6.99. The minimum absolute atomic E-state index is 0.0472. The maximum absolute atomic E-state index is 14.4. The summed E-state index contributed by atoms with van der Waals surface area (Å²) < 4.78 is 39.6. The molecule has 1 aliphatic heterocycles. The molecule has 3 aromatic rings. The molecule has 2 heterocycles. The Morgan fingerprint density at radius 1 is 1.16 bits per heavy atom. The topological polar surface area (TPSA) is 82.4 Å². The van der Waals surface area contributed by atoms with Crippen LogP contribution in [0.3, 0.4) is 0 Å². The Kier molecular flexibility index (Phi) is 5.18. The number of halogens is 2. The number of hydrogen-bond donors (Lipinski definition) is 1. The third kappa shape index (κ3) is 3.41. The van der Waals surface area contributed by atoms with Gasteiger partial charge in [-0.15, -0.1) is 0 Å². The van der Waals surface area contributed by atoms with Gasteiger partial charge in [-0.3, -0.25) is 9.59 Å². The predicted octanol–water partition coefficient (Wildman–Crippen LogP) is 3.78. The first-order chi connectivity index (χ1) is 14.8. The van der Waals surface area contributed by atoms with Crippen LogP contribution < -0.4 is 14.8 Å². The normalized spacial score (nSPS) is 15.3. The molecule has 0 aliphatic carbocycles. The highest BCUT2D eigenvalue weighted by Gasteiger charge is 2.38. The van der Waals surface area contributed by atoms with Crippen LogP contribution in [0.1, 0.15) is 34.0 Å². The number of carbonyl (C=O) groups excluding carboxylic acids is 2. The number of ketones is 1. The Labute approximate surface area is 176 Å². The van der Waals surface area contributed by atoms with Crippen LogP contribution in [0.4, 0.5) is 14.6 Å². The standard InChI is InChI=1S/C22H19F2N3O4/c1-11-19-13(21(29)20-16(30-2)5-4-6-17(20)31-3)10-18(28)25-22(19)27(26-11)15-8-7-12(23)9-14(15)24/h4-9,13H,10H2,1-3H3,(H,25,28)/t13-/m1/s1. The molecule has 1 amide bonds. The fourth-order valence-corrected chi connectivity index (χ4v) is 3.87. The molecule has 4 rings (SSSR count). The van der Waals surface area contributed by atoms with E-state index >= 15 is 0 Å². The highest BCUT2D eigenvalue weighted by molar-refractivity contribution is 6.10. The van der Waals surface area contributed by atoms with Gasteiger partial charge in [-0.1, -0.05) is 6.07 Å². The van der Waals surface area contributed by atoms with Crippen LogP contribution in [0.15, 0.2) is 36.4 Å². The molecule has 0 saturated heterocycles. The van der Waals surface area contributed by atoms with Crippen molar-refractivity contribution in [3.63, 3.8) is 0 Å². The monoisotopic (exact) mass is 427 g/mol. The molecule has 160 valence electrons. The zero-order valence-corrected chi connectivity index (χ0v) is 17.0. The summed E-state index contributed by atoms with van der Waals surface area (Å²) in [7, 11) is 2.87. The van der Waals surface area contributed by atoms with Crippen LogP contribution >= 0.6 is 0 Å². The van der Waals surface area contributed by atoms with Gasteiger partial charge in [0.1, 0.15) is 34.4 Å². The van der Waals surface area contributed by atoms with Gasteiger partial charge in [-0.25, -0.2) is 13.5 Å². The van der Waals surface area contributed by atoms with Crippen LogP contribution in [0.5, 0.6) is 11.5 Å². The van der Waals surface area contributed by atoms with Crippen molar-refractivity contribution in [3.8, 4) is 17.2 Å². The first-order valence-corrected chi connectivity index (χ1v) is 9.45. The first-order valence-electron chi connectivity index (χ1n) is 9.45. The van der Waals surface area contributed by atoms with Crippen LogP contribution in [0, 0.1) is 18.6 Å². The van der Waals surface area contributed by atoms with E-state index in [1.165, 1.54) is 25.0 Å². The van der Waals surface area contributed by atoms with Gasteiger partial charge >= 0.3 is 0 Å². The van der Waals surface area contributed by atoms with Crippen LogP contribution in [0.25, 0.3) is 5.69 Å². The number of Topliss-reactive ketones (excluding diaryl/α,β-unsaturated/α-hetero) is 1. The third-order valence-electron chi connectivity index (χ3n) is 5.23. The number of aromatic nitrogens is 2. The lowest BCUT2D eigenvalue weighted by Gasteiger charge is -2.24. The van der Waals surface area contributed by atoms with Crippen molar-refractivity contribution in [3.05, 3.63) is 64.9 Å². The maximum atomic E-state index is 14.4. The molecule has 0 unspecified atom stereocenters. The molecular formula is C22H19F2N3O4. The SMILES string of the molecule is COc1cccc(OC)c1C(=O)[C@@H]1CC(=O)Nc2c1c(C)nn2-c1ccc(F)cc1F. The minimum atomic E-state index is -0.883. The van der Waals surface area contributed by atoms with Crippen LogP contribution in [-0.2, 0) is 4.79 Å². The van der Waals surface area contributed by atoms with Gasteiger partial charge in [0.2, 0.25) is 5.91 Å². The molecule has 2 aromatic carbocycles. The van der Waals surface area contributed by atoms with E-state index in [2.05, 4.69) is 10.4 Å². The second-order valence-electron chi connectivity index (χ2n) is 7.06. The molecule has 0 radical (unpaired) electrons. The highest BCUT2D eigenvalue weighted by Crippen LogP contribution is 2.41. The van der Waals surface area contributed by atoms with Crippen molar-refractivity contribution in [2.75, 3.05) is 19.5 Å². The van der Waals surface area contributed by atoms with Gasteiger partial charge in [0.15, 0.2) is 11.6 Å². The Morgan fingerprint density at radius 3 is 2.45 bits per heavy atom. The summed E-state index contributed by atoms with van der Waals surface area (Å²) in [6, 6.07) is 7.99. The lowest BCUT2D eigenvalue weighted by molar-refractivity contribution is -0.116. The van der Waals surface area contributed by atoms with Gasteiger partial charge in [0.05, 0.1) is 25.8 Å². The summed E-state index contributed by atoms with van der Waals surface area (Å²) in [5.41, 5.74) is 1.06. The summed E-state index contributed by atoms with van der Waals surface area (Å²) in [4.78, 5) is 26.1. The van der Waals surface area contributed by atoms with Gasteiger partial charge in [-0.05, 0) is 31.2 Å². The second-order valence-corrected chi connectivity index (χ2v) is 7.06. The van der Waals surface area contributed by atoms with E-state index in [0.29, 0.717) is 22.8 Å². The van der Waals surface area contributed by atoms with Gasteiger partial charge in [0, 0.05) is 18.1 Å². The van der Waals surface area contributed by atoms with Gasteiger partial charge in [0.25, 0.3) is 0 Å². The molecule has 9 heteroatoms. The van der Waals surface area contributed by atoms with Crippen molar-refractivity contribution in [1.29, 1.82) is 0 Å². The number of benzene rings is 2. The number of nitrogens with zero attached hydrogens (tertiary/aromatic N) is 2. The zero-order chi connectivity index (χ0) is 22.3. The van der Waals surface area contributed by atoms with Crippen molar-refractivity contribution >= 4 is 17.5 Å². The Balaban J connectivity index is 1.87. The number of ether oxygens (including phenoxy) is 2. The number of amides is 1. The Bertz CT molecular complexity index is 1180. The Morgan fingerprint density at radius 2 is 1.84 bits per heavy atom. The maximum Gasteiger partial charge on any atom is 0.226 e. The number of anilines is 1. The molecular weight excluding hydrogens is 408 g/mol. The molecule has 31 heavy (non-hydrogen) atoms. The second kappa shape index (κ2) is 7.82. The molecule has 1 aromatic heterocycles. The molecule has 1 N–H and O–H groups in total. The quantitative estimate of drug-likeness (QED) is 0.627. The molecule has 7 nitrogen and oxygen atoms in total.